The van der Waals surface area contributed by atoms with Crippen LogP contribution in [0.4, 0.5) is 0 Å². The lowest BCUT2D eigenvalue weighted by Gasteiger charge is -2.34. The first-order valence-electron chi connectivity index (χ1n) is 6.57. The lowest BCUT2D eigenvalue weighted by molar-refractivity contribution is 0.0641. The summed E-state index contributed by atoms with van der Waals surface area (Å²) in [5.41, 5.74) is 0.629. The Balaban J connectivity index is 2.05. The van der Waals surface area contributed by atoms with E-state index < -0.39 is 0 Å². The van der Waals surface area contributed by atoms with E-state index in [0.717, 1.165) is 42.5 Å². The number of hydrogen-bond donors (Lipinski definition) is 0. The van der Waals surface area contributed by atoms with Crippen molar-refractivity contribution in [2.45, 2.75) is 0 Å². The van der Waals surface area contributed by atoms with E-state index in [2.05, 4.69) is 36.8 Å². The molecule has 2 rings (SSSR count). The molecule has 0 bridgehead atoms. The number of halogens is 2. The number of carbonyl (C=O) groups excluding carboxylic acids is 1. The van der Waals surface area contributed by atoms with Crippen molar-refractivity contribution in [3.05, 3.63) is 28.2 Å². The maximum atomic E-state index is 12.6. The molecule has 0 spiro atoms. The molecule has 1 amide bonds. The summed E-state index contributed by atoms with van der Waals surface area (Å²) in [5, 5.41) is 0.974. The van der Waals surface area contributed by atoms with Gasteiger partial charge in [0.15, 0.2) is 0 Å². The highest BCUT2D eigenvalue weighted by atomic mass is 79.9. The van der Waals surface area contributed by atoms with Crippen LogP contribution in [0.2, 0.25) is 0 Å². The van der Waals surface area contributed by atoms with E-state index in [0.29, 0.717) is 11.3 Å². The molecule has 1 aliphatic heterocycles. The van der Waals surface area contributed by atoms with Gasteiger partial charge in [-0.25, -0.2) is 0 Å². The zero-order valence-electron chi connectivity index (χ0n) is 11.4. The van der Waals surface area contributed by atoms with Crippen molar-refractivity contribution in [1.29, 1.82) is 0 Å². The topological polar surface area (TPSA) is 32.8 Å². The number of carbonyl (C=O) groups is 1. The number of nitrogens with zero attached hydrogens (tertiary/aromatic N) is 2. The van der Waals surface area contributed by atoms with E-state index in [1.54, 1.807) is 7.11 Å². The Kier molecular flexibility index (Phi) is 5.86. The molecule has 4 nitrogen and oxygen atoms in total. The van der Waals surface area contributed by atoms with E-state index in [-0.39, 0.29) is 5.91 Å². The van der Waals surface area contributed by atoms with Gasteiger partial charge in [-0.1, -0.05) is 31.9 Å². The number of ether oxygens (including phenoxy) is 1. The smallest absolute Gasteiger partial charge is 0.257 e. The Labute approximate surface area is 136 Å². The van der Waals surface area contributed by atoms with Crippen molar-refractivity contribution in [3.63, 3.8) is 0 Å². The molecule has 20 heavy (non-hydrogen) atoms. The molecule has 1 saturated heterocycles. The molecule has 0 radical (unpaired) electrons. The van der Waals surface area contributed by atoms with Gasteiger partial charge in [-0.3, -0.25) is 9.69 Å². The second kappa shape index (κ2) is 7.43. The minimum absolute atomic E-state index is 0.0489. The van der Waals surface area contributed by atoms with Gasteiger partial charge in [0, 0.05) is 42.5 Å². The highest BCUT2D eigenvalue weighted by Crippen LogP contribution is 2.25. The second-order valence-corrected chi connectivity index (χ2v) is 6.38. The Morgan fingerprint density at radius 3 is 2.60 bits per heavy atom. The van der Waals surface area contributed by atoms with E-state index in [1.165, 1.54) is 0 Å². The third-order valence-corrected chi connectivity index (χ3v) is 4.30. The molecule has 1 fully saturated rings. The maximum Gasteiger partial charge on any atom is 0.257 e. The molecule has 0 unspecified atom stereocenters. The van der Waals surface area contributed by atoms with Crippen LogP contribution in [-0.4, -0.2) is 60.9 Å². The minimum atomic E-state index is 0.0489. The predicted molar refractivity (Wildman–Crippen MR) is 86.8 cm³/mol. The maximum absolute atomic E-state index is 12.6. The van der Waals surface area contributed by atoms with E-state index in [9.17, 15) is 4.79 Å². The normalized spacial score (nSPS) is 16.2. The number of hydrogen-bond acceptors (Lipinski definition) is 3. The molecule has 1 aromatic rings. The molecule has 6 heteroatoms. The van der Waals surface area contributed by atoms with Crippen LogP contribution in [0.3, 0.4) is 0 Å². The standard InChI is InChI=1S/C14H18Br2N2O2/c1-20-13-10-11(16)2-3-12(13)14(19)18-8-6-17(5-4-15)7-9-18/h2-3,10H,4-9H2,1H3. The van der Waals surface area contributed by atoms with Gasteiger partial charge in [0.05, 0.1) is 12.7 Å². The Bertz CT molecular complexity index is 474. The number of rotatable bonds is 4. The number of alkyl halides is 1. The first kappa shape index (κ1) is 15.8. The zero-order chi connectivity index (χ0) is 14.5. The molecular formula is C14H18Br2N2O2. The monoisotopic (exact) mass is 404 g/mol. The molecule has 0 N–H and O–H groups in total. The van der Waals surface area contributed by atoms with Gasteiger partial charge in [0.2, 0.25) is 0 Å². The summed E-state index contributed by atoms with van der Waals surface area (Å²) >= 11 is 6.84. The van der Waals surface area contributed by atoms with Gasteiger partial charge in [0.1, 0.15) is 5.75 Å². The number of methoxy groups -OCH3 is 1. The van der Waals surface area contributed by atoms with Gasteiger partial charge >= 0.3 is 0 Å². The summed E-state index contributed by atoms with van der Waals surface area (Å²) in [4.78, 5) is 16.8. The molecule has 0 aromatic heterocycles. The summed E-state index contributed by atoms with van der Waals surface area (Å²) < 4.78 is 6.21. The zero-order valence-corrected chi connectivity index (χ0v) is 14.6. The second-order valence-electron chi connectivity index (χ2n) is 4.67. The lowest BCUT2D eigenvalue weighted by Crippen LogP contribution is -2.49. The summed E-state index contributed by atoms with van der Waals surface area (Å²) in [6, 6.07) is 5.52. The third kappa shape index (κ3) is 3.74. The van der Waals surface area contributed by atoms with Crippen LogP contribution in [0.15, 0.2) is 22.7 Å². The minimum Gasteiger partial charge on any atom is -0.496 e. The van der Waals surface area contributed by atoms with E-state index in [1.807, 2.05) is 23.1 Å². The van der Waals surface area contributed by atoms with Crippen LogP contribution >= 0.6 is 31.9 Å². The largest absolute Gasteiger partial charge is 0.496 e. The average Bonchev–Trinajstić information content (AvgIpc) is 2.47. The molecule has 0 saturated carbocycles. The fourth-order valence-corrected chi connectivity index (χ4v) is 3.15. The lowest BCUT2D eigenvalue weighted by atomic mass is 10.1. The van der Waals surface area contributed by atoms with Crippen molar-refractivity contribution in [2.24, 2.45) is 0 Å². The summed E-state index contributed by atoms with van der Waals surface area (Å²) in [5.74, 6) is 0.667. The fourth-order valence-electron chi connectivity index (χ4n) is 2.31. The number of amides is 1. The molecule has 1 heterocycles. The van der Waals surface area contributed by atoms with Crippen molar-refractivity contribution >= 4 is 37.8 Å². The average molecular weight is 406 g/mol. The van der Waals surface area contributed by atoms with E-state index >= 15 is 0 Å². The van der Waals surface area contributed by atoms with Crippen molar-refractivity contribution in [2.75, 3.05) is 45.2 Å². The Morgan fingerprint density at radius 2 is 2.00 bits per heavy atom. The van der Waals surface area contributed by atoms with Crippen LogP contribution in [0.25, 0.3) is 0 Å². The van der Waals surface area contributed by atoms with Crippen LogP contribution < -0.4 is 4.74 Å². The number of benzene rings is 1. The van der Waals surface area contributed by atoms with Gasteiger partial charge in [-0.15, -0.1) is 0 Å². The van der Waals surface area contributed by atoms with E-state index in [4.69, 9.17) is 4.74 Å². The van der Waals surface area contributed by atoms with Gasteiger partial charge < -0.3 is 9.64 Å². The molecule has 110 valence electrons. The predicted octanol–water partition coefficient (Wildman–Crippen LogP) is 2.61. The first-order chi connectivity index (χ1) is 9.65. The van der Waals surface area contributed by atoms with Crippen LogP contribution in [0.1, 0.15) is 10.4 Å². The fraction of sp³-hybridized carbons (Fsp3) is 0.500. The molecule has 1 aliphatic rings. The van der Waals surface area contributed by atoms with Crippen molar-refractivity contribution in [3.8, 4) is 5.75 Å². The van der Waals surface area contributed by atoms with Gasteiger partial charge in [0.25, 0.3) is 5.91 Å². The Morgan fingerprint density at radius 1 is 1.30 bits per heavy atom. The van der Waals surface area contributed by atoms with Crippen LogP contribution in [-0.2, 0) is 0 Å². The first-order valence-corrected chi connectivity index (χ1v) is 8.48. The molecular weight excluding hydrogens is 388 g/mol. The van der Waals surface area contributed by atoms with Gasteiger partial charge in [-0.2, -0.15) is 0 Å². The highest BCUT2D eigenvalue weighted by molar-refractivity contribution is 9.10. The molecule has 0 atom stereocenters. The van der Waals surface area contributed by atoms with Gasteiger partial charge in [-0.05, 0) is 18.2 Å². The SMILES string of the molecule is COc1cc(Br)ccc1C(=O)N1CCN(CCBr)CC1. The molecule has 1 aromatic carbocycles. The summed E-state index contributed by atoms with van der Waals surface area (Å²) in [7, 11) is 1.59. The summed E-state index contributed by atoms with van der Waals surface area (Å²) in [6.07, 6.45) is 0. The summed E-state index contributed by atoms with van der Waals surface area (Å²) in [6.45, 7) is 4.42. The quantitative estimate of drug-likeness (QED) is 0.722. The number of piperazine rings is 1. The van der Waals surface area contributed by atoms with Crippen LogP contribution in [0.5, 0.6) is 5.75 Å². The van der Waals surface area contributed by atoms with Crippen LogP contribution in [0, 0.1) is 0 Å². The third-order valence-electron chi connectivity index (χ3n) is 3.45. The van der Waals surface area contributed by atoms with Crippen molar-refractivity contribution < 1.29 is 9.53 Å². The highest BCUT2D eigenvalue weighted by Gasteiger charge is 2.23. The van der Waals surface area contributed by atoms with Crippen molar-refractivity contribution in [1.82, 2.24) is 9.80 Å². The molecule has 0 aliphatic carbocycles. The Hall–Kier alpha value is -0.590.